The van der Waals surface area contributed by atoms with E-state index in [4.69, 9.17) is 25.1 Å². The summed E-state index contributed by atoms with van der Waals surface area (Å²) >= 11 is 0. The summed E-state index contributed by atoms with van der Waals surface area (Å²) in [6.45, 7) is 0.347. The van der Waals surface area contributed by atoms with Gasteiger partial charge in [0.25, 0.3) is 0 Å². The molecular formula is C13H19NO5. The van der Waals surface area contributed by atoms with Crippen molar-refractivity contribution < 1.29 is 24.1 Å². The fraction of sp³-hybridized carbons (Fsp3) is 0.462. The maximum atomic E-state index is 10.7. The largest absolute Gasteiger partial charge is 0.496 e. The Labute approximate surface area is 112 Å². The van der Waals surface area contributed by atoms with E-state index in [1.165, 1.54) is 7.11 Å². The van der Waals surface area contributed by atoms with Gasteiger partial charge in [-0.2, -0.15) is 0 Å². The van der Waals surface area contributed by atoms with E-state index < -0.39 is 12.0 Å². The van der Waals surface area contributed by atoms with Crippen LogP contribution in [0.1, 0.15) is 23.6 Å². The Balaban J connectivity index is 3.20. The topological polar surface area (TPSA) is 91.0 Å². The summed E-state index contributed by atoms with van der Waals surface area (Å²) in [5.41, 5.74) is 7.30. The van der Waals surface area contributed by atoms with E-state index in [1.807, 2.05) is 0 Å². The minimum atomic E-state index is -0.960. The van der Waals surface area contributed by atoms with Gasteiger partial charge >= 0.3 is 5.97 Å². The Bertz CT molecular complexity index is 447. The molecule has 6 heteroatoms. The minimum Gasteiger partial charge on any atom is -0.496 e. The Kier molecular flexibility index (Phi) is 5.59. The lowest BCUT2D eigenvalue weighted by Crippen LogP contribution is -2.16. The molecule has 1 atom stereocenters. The number of methoxy groups -OCH3 is 3. The van der Waals surface area contributed by atoms with Crippen LogP contribution in [0.2, 0.25) is 0 Å². The summed E-state index contributed by atoms with van der Waals surface area (Å²) in [7, 11) is 4.62. The van der Waals surface area contributed by atoms with Gasteiger partial charge in [0, 0.05) is 30.3 Å². The monoisotopic (exact) mass is 269 g/mol. The lowest BCUT2D eigenvalue weighted by molar-refractivity contribution is -0.137. The van der Waals surface area contributed by atoms with Crippen molar-refractivity contribution in [2.45, 2.75) is 19.1 Å². The highest BCUT2D eigenvalue weighted by Gasteiger charge is 2.18. The van der Waals surface area contributed by atoms with Gasteiger partial charge < -0.3 is 25.1 Å². The number of carbonyl (C=O) groups is 1. The molecule has 106 valence electrons. The molecular weight excluding hydrogens is 250 g/mol. The van der Waals surface area contributed by atoms with E-state index in [2.05, 4.69) is 0 Å². The van der Waals surface area contributed by atoms with Gasteiger partial charge in [-0.3, -0.25) is 4.79 Å². The molecule has 6 nitrogen and oxygen atoms in total. The van der Waals surface area contributed by atoms with Crippen molar-refractivity contribution in [3.63, 3.8) is 0 Å². The van der Waals surface area contributed by atoms with Gasteiger partial charge in [-0.05, 0) is 6.07 Å². The van der Waals surface area contributed by atoms with Crippen molar-refractivity contribution in [1.29, 1.82) is 0 Å². The van der Waals surface area contributed by atoms with Crippen LogP contribution in [0.25, 0.3) is 0 Å². The van der Waals surface area contributed by atoms with Crippen LogP contribution in [0.3, 0.4) is 0 Å². The fourth-order valence-electron chi connectivity index (χ4n) is 1.85. The van der Waals surface area contributed by atoms with Crippen molar-refractivity contribution in [1.82, 2.24) is 0 Å². The summed E-state index contributed by atoms with van der Waals surface area (Å²) < 4.78 is 15.6. The van der Waals surface area contributed by atoms with Crippen LogP contribution >= 0.6 is 0 Å². The molecule has 1 aromatic carbocycles. The third-order valence-electron chi connectivity index (χ3n) is 2.73. The molecule has 0 aromatic heterocycles. The van der Waals surface area contributed by atoms with E-state index in [-0.39, 0.29) is 6.42 Å². The fourth-order valence-corrected chi connectivity index (χ4v) is 1.85. The van der Waals surface area contributed by atoms with Gasteiger partial charge in [-0.1, -0.05) is 0 Å². The van der Waals surface area contributed by atoms with Gasteiger partial charge in [-0.15, -0.1) is 0 Å². The molecule has 19 heavy (non-hydrogen) atoms. The first-order chi connectivity index (χ1) is 9.03. The second-order valence-corrected chi connectivity index (χ2v) is 4.04. The molecule has 1 aromatic rings. The van der Waals surface area contributed by atoms with Crippen LogP contribution in [0.5, 0.6) is 11.5 Å². The van der Waals surface area contributed by atoms with Crippen molar-refractivity contribution in [3.8, 4) is 11.5 Å². The number of nitrogens with two attached hydrogens (primary N) is 1. The summed E-state index contributed by atoms with van der Waals surface area (Å²) in [4.78, 5) is 10.7. The molecule has 0 heterocycles. The zero-order valence-electron chi connectivity index (χ0n) is 11.3. The van der Waals surface area contributed by atoms with Crippen LogP contribution in [0, 0.1) is 0 Å². The van der Waals surface area contributed by atoms with Crippen LogP contribution in [-0.4, -0.2) is 32.4 Å². The summed E-state index contributed by atoms with van der Waals surface area (Å²) in [6.07, 6.45) is -0.172. The first-order valence-corrected chi connectivity index (χ1v) is 5.74. The number of hydrogen-bond donors (Lipinski definition) is 2. The molecule has 0 saturated carbocycles. The number of ether oxygens (including phenoxy) is 3. The van der Waals surface area contributed by atoms with E-state index in [1.54, 1.807) is 26.4 Å². The molecule has 0 spiro atoms. The second-order valence-electron chi connectivity index (χ2n) is 4.04. The second kappa shape index (κ2) is 6.96. The van der Waals surface area contributed by atoms with Gasteiger partial charge in [0.2, 0.25) is 0 Å². The molecule has 1 rings (SSSR count). The van der Waals surface area contributed by atoms with E-state index in [9.17, 15) is 4.79 Å². The lowest BCUT2D eigenvalue weighted by Gasteiger charge is -2.18. The molecule has 1 unspecified atom stereocenters. The minimum absolute atomic E-state index is 0.172. The number of hydrogen-bond acceptors (Lipinski definition) is 5. The Morgan fingerprint density at radius 2 is 1.89 bits per heavy atom. The lowest BCUT2D eigenvalue weighted by atomic mass is 10.00. The number of rotatable bonds is 7. The van der Waals surface area contributed by atoms with Gasteiger partial charge in [0.1, 0.15) is 11.5 Å². The Morgan fingerprint density at radius 1 is 1.26 bits per heavy atom. The molecule has 3 N–H and O–H groups in total. The number of benzene rings is 1. The van der Waals surface area contributed by atoms with Crippen LogP contribution < -0.4 is 15.2 Å². The van der Waals surface area contributed by atoms with Crippen LogP contribution in [0.15, 0.2) is 12.1 Å². The van der Waals surface area contributed by atoms with Crippen LogP contribution in [0.4, 0.5) is 0 Å². The molecule has 0 saturated heterocycles. The van der Waals surface area contributed by atoms with Gasteiger partial charge in [0.15, 0.2) is 0 Å². The molecule has 0 bridgehead atoms. The first kappa shape index (κ1) is 15.3. The SMILES string of the molecule is COCc1cc(C(N)CC(=O)O)c(OC)cc1OC. The molecule has 0 radical (unpaired) electrons. The van der Waals surface area contributed by atoms with Crippen LogP contribution in [-0.2, 0) is 16.1 Å². The summed E-state index contributed by atoms with van der Waals surface area (Å²) in [5.74, 6) is 0.161. The zero-order chi connectivity index (χ0) is 14.4. The number of carboxylic acids is 1. The predicted molar refractivity (Wildman–Crippen MR) is 69.4 cm³/mol. The molecule has 0 fully saturated rings. The highest BCUT2D eigenvalue weighted by molar-refractivity contribution is 5.68. The highest BCUT2D eigenvalue weighted by atomic mass is 16.5. The van der Waals surface area contributed by atoms with E-state index >= 15 is 0 Å². The maximum Gasteiger partial charge on any atom is 0.305 e. The van der Waals surface area contributed by atoms with Gasteiger partial charge in [0.05, 0.1) is 27.2 Å². The van der Waals surface area contributed by atoms with Crippen molar-refractivity contribution in [2.24, 2.45) is 5.73 Å². The van der Waals surface area contributed by atoms with Crippen molar-refractivity contribution in [2.75, 3.05) is 21.3 Å². The first-order valence-electron chi connectivity index (χ1n) is 5.74. The van der Waals surface area contributed by atoms with Gasteiger partial charge in [-0.25, -0.2) is 0 Å². The molecule has 0 aliphatic carbocycles. The average Bonchev–Trinajstić information content (AvgIpc) is 2.37. The van der Waals surface area contributed by atoms with Crippen molar-refractivity contribution in [3.05, 3.63) is 23.3 Å². The highest BCUT2D eigenvalue weighted by Crippen LogP contribution is 2.33. The average molecular weight is 269 g/mol. The summed E-state index contributed by atoms with van der Waals surface area (Å²) in [5, 5.41) is 8.81. The Hall–Kier alpha value is -1.79. The third kappa shape index (κ3) is 3.84. The molecule has 0 amide bonds. The third-order valence-corrected chi connectivity index (χ3v) is 2.73. The normalized spacial score (nSPS) is 12.0. The number of carboxylic acid groups (broad SMARTS) is 1. The maximum absolute atomic E-state index is 10.7. The van der Waals surface area contributed by atoms with E-state index in [0.717, 1.165) is 5.56 Å². The summed E-state index contributed by atoms with van der Waals surface area (Å²) in [6, 6.07) is 2.80. The Morgan fingerprint density at radius 3 is 2.37 bits per heavy atom. The molecule has 0 aliphatic heterocycles. The van der Waals surface area contributed by atoms with E-state index in [0.29, 0.717) is 23.7 Å². The standard InChI is InChI=1S/C13H19NO5/c1-17-7-8-4-9(10(14)5-13(15)16)12(19-3)6-11(8)18-2/h4,6,10H,5,7,14H2,1-3H3,(H,15,16). The number of aliphatic carboxylic acids is 1. The smallest absolute Gasteiger partial charge is 0.305 e. The molecule has 0 aliphatic rings. The van der Waals surface area contributed by atoms with Crippen molar-refractivity contribution >= 4 is 5.97 Å². The predicted octanol–water partition coefficient (Wildman–Crippen LogP) is 1.32. The quantitative estimate of drug-likeness (QED) is 0.776. The zero-order valence-corrected chi connectivity index (χ0v) is 11.3.